The fraction of sp³-hybridized carbons (Fsp3) is 0.360. The molecule has 3 heterocycles. The van der Waals surface area contributed by atoms with Gasteiger partial charge in [0.25, 0.3) is 5.91 Å². The quantitative estimate of drug-likeness (QED) is 0.538. The molecule has 2 fully saturated rings. The van der Waals surface area contributed by atoms with Crippen molar-refractivity contribution in [2.75, 3.05) is 13.2 Å². The summed E-state index contributed by atoms with van der Waals surface area (Å²) in [7, 11) is 0. The van der Waals surface area contributed by atoms with Gasteiger partial charge in [-0.2, -0.15) is 13.2 Å². The first-order valence-electron chi connectivity index (χ1n) is 11.1. The van der Waals surface area contributed by atoms with Crippen molar-refractivity contribution in [1.29, 1.82) is 0 Å². The number of hydrogen-bond donors (Lipinski definition) is 0. The van der Waals surface area contributed by atoms with Gasteiger partial charge in [0, 0.05) is 36.8 Å². The van der Waals surface area contributed by atoms with Gasteiger partial charge in [-0.05, 0) is 49.8 Å². The number of benzene rings is 1. The molecule has 6 nitrogen and oxygen atoms in total. The number of nitrogens with zero attached hydrogens (tertiary/aromatic N) is 4. The van der Waals surface area contributed by atoms with Gasteiger partial charge in [-0.3, -0.25) is 4.79 Å². The van der Waals surface area contributed by atoms with Crippen LogP contribution in [0.25, 0.3) is 11.4 Å². The van der Waals surface area contributed by atoms with Crippen LogP contribution in [0.2, 0.25) is 0 Å². The second kappa shape index (κ2) is 8.70. The fourth-order valence-corrected chi connectivity index (χ4v) is 4.55. The van der Waals surface area contributed by atoms with Crippen LogP contribution in [0.1, 0.15) is 34.3 Å². The van der Waals surface area contributed by atoms with Crippen LogP contribution < -0.4 is 4.74 Å². The van der Waals surface area contributed by atoms with Crippen molar-refractivity contribution < 1.29 is 22.7 Å². The standard InChI is InChI=1S/C25H23F3N4O2/c1-15-3-5-20(23-29-7-2-8-30-23)21(9-15)24(33)32-13-17-10-16(17)11-19(32)14-34-22-6-4-18(12-31-22)25(26,27)28/h2-9,12,16-17,19H,10-11,13-14H2,1H3. The van der Waals surface area contributed by atoms with E-state index < -0.39 is 11.7 Å². The van der Waals surface area contributed by atoms with E-state index >= 15 is 0 Å². The zero-order chi connectivity index (χ0) is 23.9. The highest BCUT2D eigenvalue weighted by Crippen LogP contribution is 2.47. The molecule has 1 aliphatic heterocycles. The Morgan fingerprint density at radius 1 is 1.09 bits per heavy atom. The number of alkyl halides is 3. The van der Waals surface area contributed by atoms with E-state index in [2.05, 4.69) is 15.0 Å². The van der Waals surface area contributed by atoms with Crippen LogP contribution in [0.5, 0.6) is 5.88 Å². The number of carbonyl (C=O) groups is 1. The first kappa shape index (κ1) is 22.3. The molecule has 1 saturated heterocycles. The van der Waals surface area contributed by atoms with Crippen LogP contribution in [0.15, 0.2) is 55.0 Å². The van der Waals surface area contributed by atoms with Crippen molar-refractivity contribution in [1.82, 2.24) is 19.9 Å². The summed E-state index contributed by atoms with van der Waals surface area (Å²) < 4.78 is 44.1. The minimum absolute atomic E-state index is 0.104. The van der Waals surface area contributed by atoms with Gasteiger partial charge in [-0.25, -0.2) is 15.0 Å². The van der Waals surface area contributed by atoms with Gasteiger partial charge in [-0.1, -0.05) is 17.7 Å². The second-order valence-electron chi connectivity index (χ2n) is 8.92. The molecule has 3 aromatic rings. The Morgan fingerprint density at radius 2 is 1.88 bits per heavy atom. The lowest BCUT2D eigenvalue weighted by molar-refractivity contribution is -0.137. The van der Waals surface area contributed by atoms with Gasteiger partial charge in [-0.15, -0.1) is 0 Å². The Labute approximate surface area is 194 Å². The number of likely N-dealkylation sites (tertiary alicyclic amines) is 1. The summed E-state index contributed by atoms with van der Waals surface area (Å²) >= 11 is 0. The number of ether oxygens (including phenoxy) is 1. The molecule has 1 saturated carbocycles. The van der Waals surface area contributed by atoms with Crippen molar-refractivity contribution in [3.63, 3.8) is 0 Å². The highest BCUT2D eigenvalue weighted by Gasteiger charge is 2.47. The maximum atomic E-state index is 13.8. The van der Waals surface area contributed by atoms with Crippen molar-refractivity contribution >= 4 is 5.91 Å². The van der Waals surface area contributed by atoms with Crippen LogP contribution >= 0.6 is 0 Å². The highest BCUT2D eigenvalue weighted by molar-refractivity contribution is 6.00. The number of aryl methyl sites for hydroxylation is 1. The lowest BCUT2D eigenvalue weighted by Gasteiger charge is -2.35. The number of rotatable bonds is 5. The molecule has 0 spiro atoms. The molecule has 1 aliphatic carbocycles. The summed E-state index contributed by atoms with van der Waals surface area (Å²) in [5.41, 5.74) is 1.32. The van der Waals surface area contributed by atoms with E-state index in [0.717, 1.165) is 30.7 Å². The lowest BCUT2D eigenvalue weighted by atomic mass is 9.98. The van der Waals surface area contributed by atoms with Gasteiger partial charge >= 0.3 is 6.18 Å². The lowest BCUT2D eigenvalue weighted by Crippen LogP contribution is -2.47. The maximum absolute atomic E-state index is 13.8. The number of carbonyl (C=O) groups excluding carboxylic acids is 1. The zero-order valence-corrected chi connectivity index (χ0v) is 18.5. The summed E-state index contributed by atoms with van der Waals surface area (Å²) in [5.74, 6) is 1.49. The van der Waals surface area contributed by atoms with Crippen LogP contribution in [0, 0.1) is 18.8 Å². The molecule has 0 radical (unpaired) electrons. The molecule has 34 heavy (non-hydrogen) atoms. The largest absolute Gasteiger partial charge is 0.475 e. The third-order valence-electron chi connectivity index (χ3n) is 6.48. The minimum Gasteiger partial charge on any atom is -0.475 e. The first-order valence-corrected chi connectivity index (χ1v) is 11.1. The average Bonchev–Trinajstić information content (AvgIpc) is 3.60. The summed E-state index contributed by atoms with van der Waals surface area (Å²) in [5, 5.41) is 0. The second-order valence-corrected chi connectivity index (χ2v) is 8.92. The minimum atomic E-state index is -4.45. The molecule has 1 amide bonds. The zero-order valence-electron chi connectivity index (χ0n) is 18.5. The molecule has 176 valence electrons. The number of hydrogen-bond acceptors (Lipinski definition) is 5. The molecular formula is C25H23F3N4O2. The summed E-state index contributed by atoms with van der Waals surface area (Å²) in [6.45, 7) is 2.72. The van der Waals surface area contributed by atoms with Gasteiger partial charge in [0.2, 0.25) is 5.88 Å². The molecule has 0 N–H and O–H groups in total. The number of piperidine rings is 1. The van der Waals surface area contributed by atoms with Crippen molar-refractivity contribution in [3.05, 3.63) is 71.7 Å². The molecule has 0 bridgehead atoms. The van der Waals surface area contributed by atoms with Gasteiger partial charge in [0.1, 0.15) is 6.61 Å². The van der Waals surface area contributed by atoms with Crippen LogP contribution in [0.4, 0.5) is 13.2 Å². The van der Waals surface area contributed by atoms with E-state index in [1.54, 1.807) is 18.5 Å². The molecule has 1 aromatic carbocycles. The SMILES string of the molecule is Cc1ccc(-c2ncccn2)c(C(=O)N2CC3CC3CC2COc2ccc(C(F)(F)F)cn2)c1. The Balaban J connectivity index is 1.37. The Hall–Kier alpha value is -3.49. The third kappa shape index (κ3) is 4.60. The third-order valence-corrected chi connectivity index (χ3v) is 6.48. The van der Waals surface area contributed by atoms with E-state index in [-0.39, 0.29) is 24.4 Å². The Kier molecular flexibility index (Phi) is 5.71. The average molecular weight is 468 g/mol. The van der Waals surface area contributed by atoms with E-state index in [0.29, 0.717) is 35.3 Å². The van der Waals surface area contributed by atoms with Crippen LogP contribution in [-0.2, 0) is 6.18 Å². The molecule has 2 aliphatic rings. The maximum Gasteiger partial charge on any atom is 0.417 e. The number of fused-ring (bicyclic) bond motifs is 1. The van der Waals surface area contributed by atoms with Gasteiger partial charge in [0.05, 0.1) is 17.2 Å². The van der Waals surface area contributed by atoms with E-state index in [1.165, 1.54) is 6.07 Å². The normalized spacial score (nSPS) is 21.6. The van der Waals surface area contributed by atoms with E-state index in [4.69, 9.17) is 4.74 Å². The number of aromatic nitrogens is 3. The van der Waals surface area contributed by atoms with Crippen molar-refractivity contribution in [3.8, 4) is 17.3 Å². The molecule has 3 atom stereocenters. The summed E-state index contributed by atoms with van der Waals surface area (Å²) in [4.78, 5) is 28.0. The van der Waals surface area contributed by atoms with E-state index in [9.17, 15) is 18.0 Å². The predicted molar refractivity (Wildman–Crippen MR) is 118 cm³/mol. The molecular weight excluding hydrogens is 445 g/mol. The van der Waals surface area contributed by atoms with E-state index in [1.807, 2.05) is 30.0 Å². The molecule has 5 rings (SSSR count). The van der Waals surface area contributed by atoms with Crippen molar-refractivity contribution in [2.45, 2.75) is 32.0 Å². The summed E-state index contributed by atoms with van der Waals surface area (Å²) in [6, 6.07) is 9.31. The smallest absolute Gasteiger partial charge is 0.417 e. The Morgan fingerprint density at radius 3 is 2.59 bits per heavy atom. The first-order chi connectivity index (χ1) is 16.3. The fourth-order valence-electron chi connectivity index (χ4n) is 4.55. The van der Waals surface area contributed by atoms with Gasteiger partial charge in [0.15, 0.2) is 5.82 Å². The number of amides is 1. The van der Waals surface area contributed by atoms with Crippen molar-refractivity contribution in [2.24, 2.45) is 11.8 Å². The molecule has 2 aromatic heterocycles. The molecule has 3 unspecified atom stereocenters. The molecule has 9 heteroatoms. The van der Waals surface area contributed by atoms with Crippen LogP contribution in [-0.4, -0.2) is 45.0 Å². The van der Waals surface area contributed by atoms with Gasteiger partial charge < -0.3 is 9.64 Å². The number of pyridine rings is 1. The Bertz CT molecular complexity index is 1190. The monoisotopic (exact) mass is 468 g/mol. The highest BCUT2D eigenvalue weighted by atomic mass is 19.4. The topological polar surface area (TPSA) is 68.2 Å². The number of halogens is 3. The van der Waals surface area contributed by atoms with Crippen LogP contribution in [0.3, 0.4) is 0 Å². The predicted octanol–water partition coefficient (Wildman–Crippen LogP) is 4.80. The summed E-state index contributed by atoms with van der Waals surface area (Å²) in [6.07, 6.45) is 1.45.